The molecule has 2 heterocycles. The van der Waals surface area contributed by atoms with Crippen LogP contribution in [0.5, 0.6) is 11.5 Å². The van der Waals surface area contributed by atoms with E-state index in [4.69, 9.17) is 23.9 Å². The van der Waals surface area contributed by atoms with Gasteiger partial charge in [0, 0.05) is 88.5 Å². The number of nitro groups is 1. The molecular formula is C82H121N9O16. The third kappa shape index (κ3) is 19.2. The number of aliphatic hydroxyl groups is 3. The smallest absolute Gasteiger partial charge is 0.329 e. The Kier molecular flexibility index (Phi) is 28.0. The second-order valence-electron chi connectivity index (χ2n) is 33.9. The molecular weight excluding hydrogens is 1370 g/mol. The summed E-state index contributed by atoms with van der Waals surface area (Å²) in [6.45, 7) is 25.8. The Morgan fingerprint density at radius 3 is 1.50 bits per heavy atom. The lowest BCUT2D eigenvalue weighted by Gasteiger charge is -2.62. The molecule has 0 aromatic heterocycles. The number of aliphatic carboxylic acids is 1. The molecule has 0 unspecified atom stereocenters. The average molecular weight is 1490 g/mol. The number of rotatable bonds is 32. The largest absolute Gasteiger partial charge is 0.496 e. The molecule has 6 aliphatic carbocycles. The number of amides is 4. The van der Waals surface area contributed by atoms with Crippen molar-refractivity contribution in [1.29, 1.82) is 0 Å². The molecule has 8 N–H and O–H groups in total. The zero-order chi connectivity index (χ0) is 78.4. The first-order chi connectivity index (χ1) is 50.5. The number of nitrogens with one attached hydrogen (secondary N) is 4. The fourth-order valence-electron chi connectivity index (χ4n) is 18.7. The maximum Gasteiger partial charge on any atom is 0.329 e. The van der Waals surface area contributed by atoms with Gasteiger partial charge in [-0.3, -0.25) is 39.0 Å². The van der Waals surface area contributed by atoms with Gasteiger partial charge in [0.2, 0.25) is 11.8 Å². The van der Waals surface area contributed by atoms with Gasteiger partial charge in [0.25, 0.3) is 17.5 Å². The van der Waals surface area contributed by atoms with Crippen LogP contribution in [0.1, 0.15) is 153 Å². The lowest BCUT2D eigenvalue weighted by molar-refractivity contribution is -0.384. The molecule has 8 aliphatic rings. The van der Waals surface area contributed by atoms with Gasteiger partial charge < -0.3 is 65.7 Å². The van der Waals surface area contributed by atoms with Crippen LogP contribution >= 0.6 is 0 Å². The molecule has 25 heteroatoms. The van der Waals surface area contributed by atoms with E-state index in [1.54, 1.807) is 50.3 Å². The van der Waals surface area contributed by atoms with Crippen LogP contribution in [0, 0.1) is 80.1 Å². The number of benzene rings is 4. The van der Waals surface area contributed by atoms with Gasteiger partial charge in [0.1, 0.15) is 42.4 Å². The molecule has 590 valence electrons. The number of aliphatic hydroxyl groups excluding tert-OH is 3. The molecule has 8 fully saturated rings. The van der Waals surface area contributed by atoms with Gasteiger partial charge in [0.05, 0.1) is 63.2 Å². The summed E-state index contributed by atoms with van der Waals surface area (Å²) in [6, 6.07) is 20.8. The Morgan fingerprint density at radius 2 is 1.07 bits per heavy atom. The summed E-state index contributed by atoms with van der Waals surface area (Å²) in [6.07, 6.45) is 2.22. The van der Waals surface area contributed by atoms with Gasteiger partial charge in [-0.2, -0.15) is 10.1 Å². The highest BCUT2D eigenvalue weighted by Crippen LogP contribution is 2.62. The lowest BCUT2D eigenvalue weighted by Crippen LogP contribution is -2.62. The van der Waals surface area contributed by atoms with E-state index in [-0.39, 0.29) is 101 Å². The van der Waals surface area contributed by atoms with Gasteiger partial charge in [-0.05, 0) is 169 Å². The number of carboxylic acids is 1. The van der Waals surface area contributed by atoms with E-state index in [2.05, 4.69) is 95.4 Å². The van der Waals surface area contributed by atoms with E-state index in [0.29, 0.717) is 76.2 Å². The van der Waals surface area contributed by atoms with Crippen molar-refractivity contribution < 1.29 is 73.2 Å². The Labute approximate surface area is 632 Å². The normalized spacial score (nSPS) is 27.4. The number of likely N-dealkylation sites (N-methyl/N-ethyl adjacent to an activating group) is 2. The van der Waals surface area contributed by atoms with Gasteiger partial charge in [-0.1, -0.05) is 118 Å². The molecule has 107 heavy (non-hydrogen) atoms. The average Bonchev–Trinajstić information content (AvgIpc) is 1.25. The number of hydroxylamine groups is 4. The summed E-state index contributed by atoms with van der Waals surface area (Å²) in [5.41, 5.74) is 4.56. The van der Waals surface area contributed by atoms with Gasteiger partial charge in [0.15, 0.2) is 0 Å². The molecule has 2 saturated heterocycles. The van der Waals surface area contributed by atoms with Gasteiger partial charge >= 0.3 is 5.97 Å². The van der Waals surface area contributed by atoms with Crippen molar-refractivity contribution in [3.05, 3.63) is 111 Å². The standard InChI is InChI=1S/C42H62N4O8.C40H59N5O8/c1-24(2)16-31(21-45(7)8)43-40(50)28-13-10-12-27(17-28)32-15-11-14-29(39(32)52-9)20-46-38(37(26(4)47)35(54-46)22-53-23-36(48)49)41(51)44-34-19-30-18-33(25(34)3)42(30,5)6;1-22(2)15-28(20-43(7)8)41-38(48)25-13-14-33(45(50)51)30(16-25)29-12-10-11-26(37(29)52-9)19-44-36(35(24(4)47)34(21-46)53-44)39(49)42-32-18-27-17-31(23(32)3)40(27,5)6/h10-15,17,24-26,30-31,33-35,37-38,47H,16,18-23H2,1-9H3,(H,43,50)(H,44,51)(H,48,49);10-14,16,22-24,27-28,31-32,34-36,46-47H,15,17-21H2,1-9H3,(H,41,48)(H,42,49)/t25-,26-,30+,31+,33-,34-,35-,37-,38-;23-,24-,27+,28-,31-,32-,34-,35+,36-/m00/s1. The predicted octanol–water partition coefficient (Wildman–Crippen LogP) is 9.47. The first-order valence-corrected chi connectivity index (χ1v) is 38.4. The van der Waals surface area contributed by atoms with Crippen molar-refractivity contribution in [1.82, 2.24) is 41.2 Å². The number of nitro benzene ring substituents is 1. The van der Waals surface area contributed by atoms with Crippen molar-refractivity contribution >= 4 is 35.3 Å². The summed E-state index contributed by atoms with van der Waals surface area (Å²) in [7, 11) is 10.9. The van der Waals surface area contributed by atoms with E-state index >= 15 is 0 Å². The maximum absolute atomic E-state index is 14.4. The second-order valence-corrected chi connectivity index (χ2v) is 33.9. The van der Waals surface area contributed by atoms with E-state index in [1.165, 1.54) is 43.2 Å². The second kappa shape index (κ2) is 35.7. The first-order valence-electron chi connectivity index (χ1n) is 38.4. The SMILES string of the molecule is COc1c(CN2O[C@@H](CO)[C@@H]([C@H](C)O)[C@H]2C(=O)N[C@H]2C[C@H]3C[C@@H]([C@@H]2C)C3(C)C)cccc1-c1cc(C(=O)N[C@@H](CC(C)C)CN(C)C)ccc1[N+](=O)[O-].COc1c(CN2O[C@@H](COCC(=O)O)[C@H]([C@H](C)O)[C@H]2C(=O)N[C@H]2C[C@H]3C[C@@H]([C@@H]2C)C3(C)C)cccc1-c1cccc(C(=O)N[C@H](CC(C)C)CN(C)C)c1. The lowest BCUT2D eigenvalue weighted by atomic mass is 9.45. The van der Waals surface area contributed by atoms with E-state index in [0.717, 1.165) is 48.9 Å². The van der Waals surface area contributed by atoms with Crippen molar-refractivity contribution in [2.75, 3.05) is 75.3 Å². The van der Waals surface area contributed by atoms with Crippen LogP contribution in [0.4, 0.5) is 5.69 Å². The first kappa shape index (κ1) is 83.9. The van der Waals surface area contributed by atoms with E-state index in [9.17, 15) is 54.5 Å². The molecule has 18 atom stereocenters. The number of nitrogens with zero attached hydrogens (tertiary/aromatic N) is 5. The zero-order valence-corrected chi connectivity index (χ0v) is 66.2. The van der Waals surface area contributed by atoms with E-state index in [1.807, 2.05) is 69.5 Å². The van der Waals surface area contributed by atoms with Crippen LogP contribution in [0.15, 0.2) is 78.9 Å². The van der Waals surface area contributed by atoms with Gasteiger partial charge in [-0.15, -0.1) is 0 Å². The number of carboxylic acid groups (broad SMARTS) is 1. The van der Waals surface area contributed by atoms with Gasteiger partial charge in [-0.25, -0.2) is 4.79 Å². The summed E-state index contributed by atoms with van der Waals surface area (Å²) < 4.78 is 17.4. The number of ether oxygens (including phenoxy) is 3. The van der Waals surface area contributed by atoms with Crippen LogP contribution in [-0.2, 0) is 41.9 Å². The molecule has 25 nitrogen and oxygen atoms in total. The van der Waals surface area contributed by atoms with Crippen LogP contribution < -0.4 is 30.7 Å². The molecule has 4 aromatic rings. The number of hydrogen-bond donors (Lipinski definition) is 8. The quantitative estimate of drug-likeness (QED) is 0.0167. The molecule has 4 aromatic carbocycles. The minimum atomic E-state index is -1.12. The fraction of sp³-hybridized carbons (Fsp3) is 0.646. The number of para-hydroxylation sites is 2. The predicted molar refractivity (Wildman–Crippen MR) is 409 cm³/mol. The highest BCUT2D eigenvalue weighted by Gasteiger charge is 2.59. The van der Waals surface area contributed by atoms with Crippen molar-refractivity contribution in [2.45, 2.75) is 195 Å². The van der Waals surface area contributed by atoms with Crippen LogP contribution in [0.3, 0.4) is 0 Å². The Morgan fingerprint density at radius 1 is 0.626 bits per heavy atom. The summed E-state index contributed by atoms with van der Waals surface area (Å²) >= 11 is 0. The number of carbonyl (C=O) groups is 5. The molecule has 6 saturated carbocycles. The summed E-state index contributed by atoms with van der Waals surface area (Å²) in [5, 5.41) is 69.9. The van der Waals surface area contributed by atoms with Crippen LogP contribution in [0.25, 0.3) is 22.3 Å². The topological polar surface area (TPSA) is 317 Å². The molecule has 12 rings (SSSR count). The van der Waals surface area contributed by atoms with Crippen LogP contribution in [-0.4, -0.2) is 211 Å². The molecule has 4 amide bonds. The Balaban J connectivity index is 0.000000247. The summed E-state index contributed by atoms with van der Waals surface area (Å²) in [5.74, 6) is 0.809. The molecule has 2 aliphatic heterocycles. The Bertz CT molecular complexity index is 3730. The van der Waals surface area contributed by atoms with Crippen LogP contribution in [0.2, 0.25) is 0 Å². The number of methoxy groups -OCH3 is 2. The maximum atomic E-state index is 14.4. The highest BCUT2D eigenvalue weighted by atomic mass is 16.7. The zero-order valence-electron chi connectivity index (χ0n) is 66.2. The van der Waals surface area contributed by atoms with E-state index < -0.39 is 72.4 Å². The highest BCUT2D eigenvalue weighted by molar-refractivity contribution is 5.98. The number of hydrogen-bond acceptors (Lipinski definition) is 19. The number of carbonyl (C=O) groups excluding carboxylic acids is 4. The van der Waals surface area contributed by atoms with Crippen molar-refractivity contribution in [3.63, 3.8) is 0 Å². The summed E-state index contributed by atoms with van der Waals surface area (Å²) in [4.78, 5) is 95.4. The third-order valence-corrected chi connectivity index (χ3v) is 24.2. The monoisotopic (exact) mass is 1490 g/mol. The van der Waals surface area contributed by atoms with Crippen molar-refractivity contribution in [3.8, 4) is 33.8 Å². The third-order valence-electron chi connectivity index (χ3n) is 24.2. The Hall–Kier alpha value is -7.17. The number of fused-ring (bicyclic) bond motifs is 4. The van der Waals surface area contributed by atoms with Crippen molar-refractivity contribution in [2.24, 2.45) is 70.0 Å². The minimum Gasteiger partial charge on any atom is -0.496 e. The fourth-order valence-corrected chi connectivity index (χ4v) is 18.7. The minimum absolute atomic E-state index is 0.000964. The molecule has 0 radical (unpaired) electrons. The molecule has 4 bridgehead atoms. The molecule has 0 spiro atoms.